The highest BCUT2D eigenvalue weighted by Crippen LogP contribution is 2.26. The van der Waals surface area contributed by atoms with E-state index in [0.29, 0.717) is 31.8 Å². The van der Waals surface area contributed by atoms with Crippen LogP contribution in [-0.2, 0) is 9.59 Å². The maximum atomic E-state index is 12.6. The van der Waals surface area contributed by atoms with Crippen LogP contribution in [0.15, 0.2) is 30.3 Å². The van der Waals surface area contributed by atoms with Crippen molar-refractivity contribution in [1.29, 1.82) is 0 Å². The molecule has 2 fully saturated rings. The summed E-state index contributed by atoms with van der Waals surface area (Å²) >= 11 is 0. The van der Waals surface area contributed by atoms with Gasteiger partial charge < -0.3 is 9.80 Å². The van der Waals surface area contributed by atoms with E-state index in [0.717, 1.165) is 32.4 Å². The van der Waals surface area contributed by atoms with Gasteiger partial charge in [0.05, 0.1) is 0 Å². The van der Waals surface area contributed by atoms with Crippen LogP contribution in [0.25, 0.3) is 0 Å². The third-order valence-corrected chi connectivity index (χ3v) is 5.03. The minimum atomic E-state index is -0.387. The van der Waals surface area contributed by atoms with Gasteiger partial charge in [-0.05, 0) is 18.4 Å². The molecule has 4 amide bonds. The summed E-state index contributed by atoms with van der Waals surface area (Å²) in [6.45, 7) is 2.29. The monoisotopic (exact) mass is 343 g/mol. The molecular weight excluding hydrogens is 318 g/mol. The zero-order chi connectivity index (χ0) is 17.6. The fraction of sp³-hybridized carbons (Fsp3) is 0.526. The van der Waals surface area contributed by atoms with Gasteiger partial charge in [0.1, 0.15) is 0 Å². The standard InChI is InChI=1S/C19H25N3O3/c23-17-9-12-21(19(25)20-17)13-10-18(24)22-11-5-4-8-16(14-22)15-6-2-1-3-7-15/h1-3,6-7,16H,4-5,8-14H2,(H,20,23,25). The number of likely N-dealkylation sites (tertiary alicyclic amines) is 1. The summed E-state index contributed by atoms with van der Waals surface area (Å²) in [7, 11) is 0. The summed E-state index contributed by atoms with van der Waals surface area (Å²) in [5.41, 5.74) is 1.29. The lowest BCUT2D eigenvalue weighted by molar-refractivity contribution is -0.131. The van der Waals surface area contributed by atoms with Gasteiger partial charge in [-0.3, -0.25) is 14.9 Å². The van der Waals surface area contributed by atoms with Gasteiger partial charge in [-0.15, -0.1) is 0 Å². The molecule has 0 saturated carbocycles. The third kappa shape index (κ3) is 4.59. The van der Waals surface area contributed by atoms with Gasteiger partial charge in [-0.2, -0.15) is 0 Å². The van der Waals surface area contributed by atoms with Gasteiger partial charge >= 0.3 is 6.03 Å². The Morgan fingerprint density at radius 1 is 1.12 bits per heavy atom. The van der Waals surface area contributed by atoms with E-state index in [1.807, 2.05) is 23.1 Å². The number of carbonyl (C=O) groups is 3. The molecule has 1 unspecified atom stereocenters. The SMILES string of the molecule is O=C1CCN(CCC(=O)N2CCCCC(c3ccccc3)C2)C(=O)N1. The molecule has 2 aliphatic rings. The molecule has 2 aliphatic heterocycles. The van der Waals surface area contributed by atoms with E-state index >= 15 is 0 Å². The smallest absolute Gasteiger partial charge is 0.324 e. The lowest BCUT2D eigenvalue weighted by Gasteiger charge is -2.28. The second-order valence-electron chi connectivity index (χ2n) is 6.78. The van der Waals surface area contributed by atoms with Gasteiger partial charge in [-0.1, -0.05) is 36.8 Å². The summed E-state index contributed by atoms with van der Waals surface area (Å²) in [5, 5.41) is 2.29. The van der Waals surface area contributed by atoms with Crippen LogP contribution in [0.5, 0.6) is 0 Å². The maximum Gasteiger partial charge on any atom is 0.324 e. The Balaban J connectivity index is 1.55. The first kappa shape index (κ1) is 17.5. The number of rotatable bonds is 4. The van der Waals surface area contributed by atoms with Gasteiger partial charge in [0, 0.05) is 44.9 Å². The van der Waals surface area contributed by atoms with Gasteiger partial charge in [0.2, 0.25) is 11.8 Å². The molecule has 6 nitrogen and oxygen atoms in total. The van der Waals surface area contributed by atoms with E-state index in [1.54, 1.807) is 4.90 Å². The Kier molecular flexibility index (Phi) is 5.68. The molecular formula is C19H25N3O3. The van der Waals surface area contributed by atoms with Crippen LogP contribution in [0.2, 0.25) is 0 Å². The fourth-order valence-electron chi connectivity index (χ4n) is 3.57. The molecule has 3 rings (SSSR count). The van der Waals surface area contributed by atoms with Crippen LogP contribution in [0.4, 0.5) is 4.79 Å². The van der Waals surface area contributed by atoms with Crippen molar-refractivity contribution in [2.45, 2.75) is 38.0 Å². The first-order chi connectivity index (χ1) is 12.1. The zero-order valence-corrected chi connectivity index (χ0v) is 14.4. The van der Waals surface area contributed by atoms with E-state index in [9.17, 15) is 14.4 Å². The quantitative estimate of drug-likeness (QED) is 0.910. The van der Waals surface area contributed by atoms with Crippen LogP contribution >= 0.6 is 0 Å². The molecule has 25 heavy (non-hydrogen) atoms. The number of hydrogen-bond acceptors (Lipinski definition) is 3. The highest BCUT2D eigenvalue weighted by atomic mass is 16.2. The number of urea groups is 1. The van der Waals surface area contributed by atoms with Crippen LogP contribution in [0.1, 0.15) is 43.6 Å². The van der Waals surface area contributed by atoms with Crippen molar-refractivity contribution in [3.63, 3.8) is 0 Å². The number of amides is 4. The number of nitrogens with zero attached hydrogens (tertiary/aromatic N) is 2. The van der Waals surface area contributed by atoms with Crippen molar-refractivity contribution < 1.29 is 14.4 Å². The molecule has 2 saturated heterocycles. The number of carbonyl (C=O) groups excluding carboxylic acids is 3. The van der Waals surface area contributed by atoms with E-state index < -0.39 is 0 Å². The number of imide groups is 1. The predicted octanol–water partition coefficient (Wildman–Crippen LogP) is 2.11. The second-order valence-corrected chi connectivity index (χ2v) is 6.78. The molecule has 0 aromatic heterocycles. The van der Waals surface area contributed by atoms with Crippen LogP contribution in [-0.4, -0.2) is 53.8 Å². The summed E-state index contributed by atoms with van der Waals surface area (Å²) in [4.78, 5) is 39.1. The summed E-state index contributed by atoms with van der Waals surface area (Å²) in [6, 6.07) is 9.98. The molecule has 6 heteroatoms. The van der Waals surface area contributed by atoms with E-state index in [4.69, 9.17) is 0 Å². The Morgan fingerprint density at radius 3 is 2.68 bits per heavy atom. The molecule has 1 aromatic carbocycles. The Bertz CT molecular complexity index is 632. The Morgan fingerprint density at radius 2 is 1.92 bits per heavy atom. The first-order valence-corrected chi connectivity index (χ1v) is 9.05. The Hall–Kier alpha value is -2.37. The minimum absolute atomic E-state index is 0.0903. The molecule has 0 aliphatic carbocycles. The van der Waals surface area contributed by atoms with Crippen molar-refractivity contribution in [2.75, 3.05) is 26.2 Å². The number of benzene rings is 1. The topological polar surface area (TPSA) is 69.7 Å². The molecule has 0 radical (unpaired) electrons. The van der Waals surface area contributed by atoms with Gasteiger partial charge in [-0.25, -0.2) is 4.79 Å². The molecule has 1 N–H and O–H groups in total. The van der Waals surface area contributed by atoms with Crippen molar-refractivity contribution >= 4 is 17.8 Å². The van der Waals surface area contributed by atoms with Crippen molar-refractivity contribution in [1.82, 2.24) is 15.1 Å². The molecule has 0 bridgehead atoms. The molecule has 1 atom stereocenters. The summed E-state index contributed by atoms with van der Waals surface area (Å²) in [6.07, 6.45) is 3.86. The molecule has 2 heterocycles. The van der Waals surface area contributed by atoms with Crippen LogP contribution < -0.4 is 5.32 Å². The van der Waals surface area contributed by atoms with E-state index in [2.05, 4.69) is 17.4 Å². The molecule has 0 spiro atoms. The van der Waals surface area contributed by atoms with Crippen molar-refractivity contribution in [2.24, 2.45) is 0 Å². The normalized spacial score (nSPS) is 21.7. The van der Waals surface area contributed by atoms with Gasteiger partial charge in [0.25, 0.3) is 0 Å². The van der Waals surface area contributed by atoms with Crippen molar-refractivity contribution in [3.05, 3.63) is 35.9 Å². The lowest BCUT2D eigenvalue weighted by Crippen LogP contribution is -2.50. The first-order valence-electron chi connectivity index (χ1n) is 9.05. The third-order valence-electron chi connectivity index (χ3n) is 5.03. The van der Waals surface area contributed by atoms with Gasteiger partial charge in [0.15, 0.2) is 0 Å². The number of nitrogens with one attached hydrogen (secondary N) is 1. The average Bonchev–Trinajstić information content (AvgIpc) is 2.88. The molecule has 1 aromatic rings. The molecule has 134 valence electrons. The van der Waals surface area contributed by atoms with Crippen molar-refractivity contribution in [3.8, 4) is 0 Å². The van der Waals surface area contributed by atoms with E-state index in [1.165, 1.54) is 5.56 Å². The lowest BCUT2D eigenvalue weighted by atomic mass is 9.94. The Labute approximate surface area is 148 Å². The fourth-order valence-corrected chi connectivity index (χ4v) is 3.57. The average molecular weight is 343 g/mol. The van der Waals surface area contributed by atoms with Crippen LogP contribution in [0.3, 0.4) is 0 Å². The summed E-state index contributed by atoms with van der Waals surface area (Å²) in [5.74, 6) is 0.224. The number of hydrogen-bond donors (Lipinski definition) is 1. The van der Waals surface area contributed by atoms with E-state index in [-0.39, 0.29) is 17.8 Å². The summed E-state index contributed by atoms with van der Waals surface area (Å²) < 4.78 is 0. The maximum absolute atomic E-state index is 12.6. The minimum Gasteiger partial charge on any atom is -0.342 e. The largest absolute Gasteiger partial charge is 0.342 e. The highest BCUT2D eigenvalue weighted by Gasteiger charge is 2.26. The zero-order valence-electron chi connectivity index (χ0n) is 14.4. The second kappa shape index (κ2) is 8.14. The van der Waals surface area contributed by atoms with Crippen LogP contribution in [0, 0.1) is 0 Å². The predicted molar refractivity (Wildman–Crippen MR) is 94.0 cm³/mol. The highest BCUT2D eigenvalue weighted by molar-refractivity contribution is 5.96.